The lowest BCUT2D eigenvalue weighted by atomic mass is 10.4. The molecule has 9 heteroatoms. The lowest BCUT2D eigenvalue weighted by Gasteiger charge is -1.90. The number of nitrogens with one attached hydrogen (secondary N) is 1. The van der Waals surface area contributed by atoms with Gasteiger partial charge in [0.05, 0.1) is 5.75 Å². The zero-order chi connectivity index (χ0) is 12.3. The number of aromatic nitrogens is 3. The van der Waals surface area contributed by atoms with Crippen LogP contribution >= 0.6 is 23.3 Å². The van der Waals surface area contributed by atoms with E-state index in [2.05, 4.69) is 14.5 Å². The molecule has 90 valence electrons. The van der Waals surface area contributed by atoms with Gasteiger partial charge >= 0.3 is 0 Å². The molecular formula is C8H9N5O2S2. The van der Waals surface area contributed by atoms with Gasteiger partial charge in [-0.1, -0.05) is 16.9 Å². The van der Waals surface area contributed by atoms with Crippen molar-refractivity contribution in [3.8, 4) is 0 Å². The molecule has 0 bridgehead atoms. The molecule has 0 saturated heterocycles. The van der Waals surface area contributed by atoms with Gasteiger partial charge in [0.2, 0.25) is 0 Å². The van der Waals surface area contributed by atoms with E-state index in [9.17, 15) is 4.79 Å². The molecular weight excluding hydrogens is 262 g/mol. The standard InChI is InChI=1S/C8H9N5O2S2/c1-4-10-8(17-13-4)16-3-5-2-6(12-15-5)7(14)11-9/h2H,3,9H2,1H3,(H,11,14). The Morgan fingerprint density at radius 2 is 2.53 bits per heavy atom. The van der Waals surface area contributed by atoms with Crippen LogP contribution in [-0.2, 0) is 5.75 Å². The third-order valence-corrected chi connectivity index (χ3v) is 3.72. The van der Waals surface area contributed by atoms with Crippen molar-refractivity contribution in [2.75, 3.05) is 0 Å². The van der Waals surface area contributed by atoms with Gasteiger partial charge in [0, 0.05) is 6.07 Å². The van der Waals surface area contributed by atoms with E-state index in [0.29, 0.717) is 11.5 Å². The molecule has 2 aromatic heterocycles. The van der Waals surface area contributed by atoms with Crippen molar-refractivity contribution in [3.63, 3.8) is 0 Å². The molecule has 0 aliphatic carbocycles. The van der Waals surface area contributed by atoms with E-state index in [1.54, 1.807) is 6.07 Å². The molecule has 1 amide bonds. The Morgan fingerprint density at radius 3 is 3.18 bits per heavy atom. The highest BCUT2D eigenvalue weighted by molar-refractivity contribution is 8.00. The molecule has 0 spiro atoms. The number of hydrogen-bond donors (Lipinski definition) is 2. The zero-order valence-corrected chi connectivity index (χ0v) is 10.5. The highest BCUT2D eigenvalue weighted by Crippen LogP contribution is 2.24. The Morgan fingerprint density at radius 1 is 1.71 bits per heavy atom. The number of carbonyl (C=O) groups is 1. The van der Waals surface area contributed by atoms with Gasteiger partial charge < -0.3 is 4.52 Å². The van der Waals surface area contributed by atoms with E-state index >= 15 is 0 Å². The minimum Gasteiger partial charge on any atom is -0.360 e. The summed E-state index contributed by atoms with van der Waals surface area (Å²) >= 11 is 2.80. The maximum atomic E-state index is 11.1. The summed E-state index contributed by atoms with van der Waals surface area (Å²) < 4.78 is 9.89. The highest BCUT2D eigenvalue weighted by atomic mass is 32.2. The molecule has 0 unspecified atom stereocenters. The van der Waals surface area contributed by atoms with Crippen LogP contribution in [0.25, 0.3) is 0 Å². The van der Waals surface area contributed by atoms with Gasteiger partial charge in [0.1, 0.15) is 11.6 Å². The van der Waals surface area contributed by atoms with Gasteiger partial charge in [-0.2, -0.15) is 4.37 Å². The van der Waals surface area contributed by atoms with Crippen molar-refractivity contribution in [2.45, 2.75) is 17.0 Å². The molecule has 0 saturated carbocycles. The lowest BCUT2D eigenvalue weighted by molar-refractivity contribution is 0.0944. The molecule has 2 heterocycles. The molecule has 0 atom stereocenters. The molecule has 2 rings (SSSR count). The smallest absolute Gasteiger partial charge is 0.287 e. The number of rotatable bonds is 4. The largest absolute Gasteiger partial charge is 0.360 e. The van der Waals surface area contributed by atoms with Crippen LogP contribution in [0.15, 0.2) is 14.9 Å². The molecule has 3 N–H and O–H groups in total. The number of hydrazine groups is 1. The first-order valence-electron chi connectivity index (χ1n) is 4.58. The van der Waals surface area contributed by atoms with Crippen molar-refractivity contribution >= 4 is 29.2 Å². The summed E-state index contributed by atoms with van der Waals surface area (Å²) in [5.41, 5.74) is 2.15. The van der Waals surface area contributed by atoms with Crippen LogP contribution < -0.4 is 11.3 Å². The van der Waals surface area contributed by atoms with Crippen LogP contribution in [0.3, 0.4) is 0 Å². The van der Waals surface area contributed by atoms with Gasteiger partial charge in [0.25, 0.3) is 5.91 Å². The topological polar surface area (TPSA) is 107 Å². The number of nitrogens with two attached hydrogens (primary N) is 1. The van der Waals surface area contributed by atoms with E-state index in [1.807, 2.05) is 12.3 Å². The molecule has 0 aliphatic heterocycles. The Labute approximate surface area is 105 Å². The summed E-state index contributed by atoms with van der Waals surface area (Å²) in [7, 11) is 0. The second kappa shape index (κ2) is 5.25. The summed E-state index contributed by atoms with van der Waals surface area (Å²) in [5, 5.41) is 3.59. The minimum absolute atomic E-state index is 0.163. The highest BCUT2D eigenvalue weighted by Gasteiger charge is 2.12. The quantitative estimate of drug-likeness (QED) is 0.365. The number of aryl methyl sites for hydroxylation is 1. The Kier molecular flexibility index (Phi) is 3.71. The summed E-state index contributed by atoms with van der Waals surface area (Å²) in [5.74, 6) is 6.38. The summed E-state index contributed by atoms with van der Waals surface area (Å²) in [4.78, 5) is 15.3. The van der Waals surface area contributed by atoms with E-state index in [4.69, 9.17) is 10.4 Å². The number of nitrogen functional groups attached to an aromatic ring is 1. The van der Waals surface area contributed by atoms with Crippen LogP contribution in [0, 0.1) is 6.92 Å². The van der Waals surface area contributed by atoms with E-state index < -0.39 is 5.91 Å². The van der Waals surface area contributed by atoms with Crippen molar-refractivity contribution < 1.29 is 9.32 Å². The van der Waals surface area contributed by atoms with Gasteiger partial charge in [-0.3, -0.25) is 10.2 Å². The van der Waals surface area contributed by atoms with E-state index in [1.165, 1.54) is 23.3 Å². The first-order valence-corrected chi connectivity index (χ1v) is 6.34. The Hall–Kier alpha value is -1.45. The number of carbonyl (C=O) groups excluding carboxylic acids is 1. The lowest BCUT2D eigenvalue weighted by Crippen LogP contribution is -2.30. The molecule has 0 fully saturated rings. The van der Waals surface area contributed by atoms with Gasteiger partial charge in [-0.15, -0.1) is 0 Å². The van der Waals surface area contributed by atoms with Crippen molar-refractivity contribution in [2.24, 2.45) is 5.84 Å². The van der Waals surface area contributed by atoms with Gasteiger partial charge in [-0.05, 0) is 18.5 Å². The predicted molar refractivity (Wildman–Crippen MR) is 62.4 cm³/mol. The van der Waals surface area contributed by atoms with Gasteiger partial charge in [0.15, 0.2) is 10.0 Å². The fourth-order valence-corrected chi connectivity index (χ4v) is 2.55. The van der Waals surface area contributed by atoms with Crippen LogP contribution in [-0.4, -0.2) is 20.4 Å². The predicted octanol–water partition coefficient (Wildman–Crippen LogP) is 0.730. The zero-order valence-electron chi connectivity index (χ0n) is 8.84. The van der Waals surface area contributed by atoms with Gasteiger partial charge in [-0.25, -0.2) is 10.8 Å². The fourth-order valence-electron chi connectivity index (χ4n) is 1.03. The monoisotopic (exact) mass is 271 g/mol. The van der Waals surface area contributed by atoms with Crippen LogP contribution in [0.5, 0.6) is 0 Å². The van der Waals surface area contributed by atoms with E-state index in [0.717, 1.165) is 10.2 Å². The normalized spacial score (nSPS) is 10.5. The molecule has 0 aromatic carbocycles. The average Bonchev–Trinajstić information content (AvgIpc) is 2.94. The first kappa shape index (κ1) is 12.0. The molecule has 0 aliphatic rings. The number of hydrogen-bond acceptors (Lipinski definition) is 8. The number of nitrogens with zero attached hydrogens (tertiary/aromatic N) is 3. The average molecular weight is 271 g/mol. The number of amides is 1. The van der Waals surface area contributed by atoms with Crippen LogP contribution in [0.1, 0.15) is 22.1 Å². The third kappa shape index (κ3) is 3.02. The Bertz CT molecular complexity index is 523. The molecule has 0 radical (unpaired) electrons. The van der Waals surface area contributed by atoms with Crippen molar-refractivity contribution in [1.82, 2.24) is 19.9 Å². The minimum atomic E-state index is -0.475. The third-order valence-electron chi connectivity index (χ3n) is 1.77. The maximum Gasteiger partial charge on any atom is 0.287 e. The summed E-state index contributed by atoms with van der Waals surface area (Å²) in [6, 6.07) is 1.54. The fraction of sp³-hybridized carbons (Fsp3) is 0.250. The van der Waals surface area contributed by atoms with Crippen LogP contribution in [0.2, 0.25) is 0 Å². The van der Waals surface area contributed by atoms with Crippen molar-refractivity contribution in [3.05, 3.63) is 23.3 Å². The molecule has 7 nitrogen and oxygen atoms in total. The van der Waals surface area contributed by atoms with Crippen molar-refractivity contribution in [1.29, 1.82) is 0 Å². The Balaban J connectivity index is 1.95. The summed E-state index contributed by atoms with van der Waals surface area (Å²) in [6.07, 6.45) is 0. The molecule has 17 heavy (non-hydrogen) atoms. The second-order valence-corrected chi connectivity index (χ2v) is 5.02. The maximum absolute atomic E-state index is 11.1. The van der Waals surface area contributed by atoms with Crippen LogP contribution in [0.4, 0.5) is 0 Å². The number of thioether (sulfide) groups is 1. The van der Waals surface area contributed by atoms with E-state index in [-0.39, 0.29) is 5.69 Å². The summed E-state index contributed by atoms with van der Waals surface area (Å²) in [6.45, 7) is 1.83. The SMILES string of the molecule is Cc1nsc(SCc2cc(C(=O)NN)no2)n1. The first-order chi connectivity index (χ1) is 8.19. The molecule has 2 aromatic rings. The second-order valence-electron chi connectivity index (χ2n) is 3.05.